The SMILES string of the molecule is CN1CCC(NC(=O)c2ccc(Nc3ncc4c(n3)N(C3CCCC3)CC(F)(F)C(=O)N4)c(F)c2F)CC1. The van der Waals surface area contributed by atoms with Crippen molar-refractivity contribution < 1.29 is 27.2 Å². The Morgan fingerprint density at radius 1 is 1.11 bits per heavy atom. The van der Waals surface area contributed by atoms with Crippen LogP contribution in [0.2, 0.25) is 0 Å². The van der Waals surface area contributed by atoms with Crippen LogP contribution in [-0.4, -0.2) is 71.4 Å². The Morgan fingerprint density at radius 3 is 2.53 bits per heavy atom. The van der Waals surface area contributed by atoms with Crippen molar-refractivity contribution in [3.8, 4) is 0 Å². The number of piperidine rings is 1. The number of amides is 2. The van der Waals surface area contributed by atoms with Gasteiger partial charge in [0.05, 0.1) is 24.0 Å². The quantitative estimate of drug-likeness (QED) is 0.503. The molecular formula is C25H29F4N7O2. The number of rotatable bonds is 5. The van der Waals surface area contributed by atoms with Gasteiger partial charge in [0, 0.05) is 12.1 Å². The van der Waals surface area contributed by atoms with E-state index in [0.717, 1.165) is 32.1 Å². The summed E-state index contributed by atoms with van der Waals surface area (Å²) in [5.41, 5.74) is -0.738. The zero-order valence-corrected chi connectivity index (χ0v) is 20.9. The molecule has 0 spiro atoms. The first-order chi connectivity index (χ1) is 18.1. The number of aromatic nitrogens is 2. The number of alkyl halides is 2. The van der Waals surface area contributed by atoms with Gasteiger partial charge in [0.25, 0.3) is 11.8 Å². The van der Waals surface area contributed by atoms with Crippen molar-refractivity contribution in [1.82, 2.24) is 20.2 Å². The van der Waals surface area contributed by atoms with Crippen molar-refractivity contribution in [2.24, 2.45) is 0 Å². The van der Waals surface area contributed by atoms with Gasteiger partial charge in [0.1, 0.15) is 5.69 Å². The maximum Gasteiger partial charge on any atom is 0.341 e. The zero-order valence-electron chi connectivity index (χ0n) is 20.9. The van der Waals surface area contributed by atoms with Crippen molar-refractivity contribution in [3.63, 3.8) is 0 Å². The van der Waals surface area contributed by atoms with E-state index in [1.165, 1.54) is 17.0 Å². The van der Waals surface area contributed by atoms with E-state index < -0.39 is 41.5 Å². The first-order valence-electron chi connectivity index (χ1n) is 12.7. The number of carbonyl (C=O) groups is 2. The molecule has 5 rings (SSSR count). The summed E-state index contributed by atoms with van der Waals surface area (Å²) >= 11 is 0. The first-order valence-corrected chi connectivity index (χ1v) is 12.7. The second-order valence-corrected chi connectivity index (χ2v) is 10.1. The molecule has 1 aliphatic carbocycles. The van der Waals surface area contributed by atoms with Crippen molar-refractivity contribution in [2.45, 2.75) is 56.5 Å². The average molecular weight is 536 g/mol. The molecule has 9 nitrogen and oxygen atoms in total. The molecule has 3 N–H and O–H groups in total. The van der Waals surface area contributed by atoms with Crippen molar-refractivity contribution in [1.29, 1.82) is 0 Å². The lowest BCUT2D eigenvalue weighted by Gasteiger charge is -2.31. The van der Waals surface area contributed by atoms with Crippen LogP contribution < -0.4 is 20.9 Å². The van der Waals surface area contributed by atoms with Crippen molar-refractivity contribution in [2.75, 3.05) is 42.2 Å². The van der Waals surface area contributed by atoms with E-state index in [9.17, 15) is 27.2 Å². The predicted octanol–water partition coefficient (Wildman–Crippen LogP) is 3.66. The maximum absolute atomic E-state index is 15.0. The molecule has 38 heavy (non-hydrogen) atoms. The molecule has 3 aliphatic rings. The van der Waals surface area contributed by atoms with E-state index in [-0.39, 0.29) is 35.2 Å². The van der Waals surface area contributed by atoms with Gasteiger partial charge in [-0.3, -0.25) is 9.59 Å². The fourth-order valence-electron chi connectivity index (χ4n) is 5.19. The highest BCUT2D eigenvalue weighted by molar-refractivity contribution is 6.00. The van der Waals surface area contributed by atoms with E-state index in [2.05, 4.69) is 30.8 Å². The van der Waals surface area contributed by atoms with Crippen LogP contribution in [0.4, 0.5) is 40.7 Å². The van der Waals surface area contributed by atoms with Gasteiger partial charge in [-0.15, -0.1) is 0 Å². The smallest absolute Gasteiger partial charge is 0.341 e. The standard InChI is InChI=1S/C25H29F4N7O2/c1-35-10-8-14(9-11-35)31-22(37)16-6-7-17(20(27)19(16)26)33-24-30-12-18-21(34-24)36(15-4-2-3-5-15)13-25(28,29)23(38)32-18/h6-7,12,14-15H,2-5,8-11,13H2,1H3,(H,31,37)(H,32,38)(H,30,33,34). The fraction of sp³-hybridized carbons (Fsp3) is 0.520. The molecule has 1 aromatic carbocycles. The topological polar surface area (TPSA) is 102 Å². The molecule has 0 atom stereocenters. The minimum atomic E-state index is -3.64. The molecular weight excluding hydrogens is 506 g/mol. The average Bonchev–Trinajstić information content (AvgIpc) is 3.39. The minimum absolute atomic E-state index is 0.0113. The highest BCUT2D eigenvalue weighted by Gasteiger charge is 2.46. The number of anilines is 4. The van der Waals surface area contributed by atoms with E-state index >= 15 is 0 Å². The number of hydrogen-bond donors (Lipinski definition) is 3. The number of benzene rings is 1. The van der Waals surface area contributed by atoms with E-state index in [4.69, 9.17) is 0 Å². The highest BCUT2D eigenvalue weighted by Crippen LogP contribution is 2.37. The molecule has 0 bridgehead atoms. The van der Waals surface area contributed by atoms with Crippen molar-refractivity contribution >= 4 is 35.0 Å². The van der Waals surface area contributed by atoms with E-state index in [1.807, 2.05) is 7.05 Å². The fourth-order valence-corrected chi connectivity index (χ4v) is 5.19. The van der Waals surface area contributed by atoms with Crippen LogP contribution in [0, 0.1) is 11.6 Å². The lowest BCUT2D eigenvalue weighted by molar-refractivity contribution is -0.138. The molecule has 1 saturated heterocycles. The predicted molar refractivity (Wildman–Crippen MR) is 133 cm³/mol. The third-order valence-electron chi connectivity index (χ3n) is 7.38. The number of fused-ring (bicyclic) bond motifs is 1. The molecule has 204 valence electrons. The van der Waals surface area contributed by atoms with Gasteiger partial charge in [0.2, 0.25) is 5.95 Å². The molecule has 0 unspecified atom stereocenters. The number of likely N-dealkylation sites (tertiary alicyclic amines) is 1. The molecule has 0 radical (unpaired) electrons. The summed E-state index contributed by atoms with van der Waals surface area (Å²) in [5, 5.41) is 7.50. The Hall–Kier alpha value is -3.48. The Labute approximate surface area is 217 Å². The molecule has 13 heteroatoms. The minimum Gasteiger partial charge on any atom is -0.349 e. The number of halogens is 4. The van der Waals surface area contributed by atoms with Gasteiger partial charge in [-0.2, -0.15) is 13.8 Å². The number of nitrogens with zero attached hydrogens (tertiary/aromatic N) is 4. The number of nitrogens with one attached hydrogen (secondary N) is 3. The molecule has 1 aromatic heterocycles. The lowest BCUT2D eigenvalue weighted by Crippen LogP contribution is -2.46. The maximum atomic E-state index is 15.0. The number of carbonyl (C=O) groups excluding carboxylic acids is 2. The third-order valence-corrected chi connectivity index (χ3v) is 7.38. The highest BCUT2D eigenvalue weighted by atomic mass is 19.3. The van der Waals surface area contributed by atoms with E-state index in [0.29, 0.717) is 25.7 Å². The second-order valence-electron chi connectivity index (χ2n) is 10.1. The summed E-state index contributed by atoms with van der Waals surface area (Å²) in [5.74, 6) is -8.51. The van der Waals surface area contributed by atoms with Crippen LogP contribution >= 0.6 is 0 Å². The Bertz CT molecular complexity index is 1230. The summed E-state index contributed by atoms with van der Waals surface area (Å²) in [4.78, 5) is 36.5. The van der Waals surface area contributed by atoms with Crippen molar-refractivity contribution in [3.05, 3.63) is 35.5 Å². The molecule has 2 aliphatic heterocycles. The Balaban J connectivity index is 1.37. The molecule has 2 aromatic rings. The van der Waals surface area contributed by atoms with Crippen LogP contribution in [0.15, 0.2) is 18.3 Å². The Kier molecular flexibility index (Phi) is 7.12. The third kappa shape index (κ3) is 5.24. The summed E-state index contributed by atoms with van der Waals surface area (Å²) in [6.07, 6.45) is 5.64. The van der Waals surface area contributed by atoms with E-state index in [1.54, 1.807) is 0 Å². The monoisotopic (exact) mass is 535 g/mol. The normalized spacial score (nSPS) is 20.6. The van der Waals surface area contributed by atoms with Gasteiger partial charge in [-0.05, 0) is 58.0 Å². The zero-order chi connectivity index (χ0) is 27.0. The van der Waals surface area contributed by atoms with Gasteiger partial charge < -0.3 is 25.8 Å². The van der Waals surface area contributed by atoms with Gasteiger partial charge in [0.15, 0.2) is 17.5 Å². The summed E-state index contributed by atoms with van der Waals surface area (Å²) in [7, 11) is 1.98. The molecule has 1 saturated carbocycles. The molecule has 3 heterocycles. The summed E-state index contributed by atoms with van der Waals surface area (Å²) in [6, 6.07) is 2.00. The lowest BCUT2D eigenvalue weighted by atomic mass is 10.0. The van der Waals surface area contributed by atoms with Crippen LogP contribution in [0.25, 0.3) is 0 Å². The molecule has 2 fully saturated rings. The van der Waals surface area contributed by atoms with Gasteiger partial charge in [-0.25, -0.2) is 13.8 Å². The largest absolute Gasteiger partial charge is 0.349 e. The van der Waals surface area contributed by atoms with Crippen LogP contribution in [0.5, 0.6) is 0 Å². The summed E-state index contributed by atoms with van der Waals surface area (Å²) < 4.78 is 58.9. The van der Waals surface area contributed by atoms with Gasteiger partial charge in [-0.1, -0.05) is 12.8 Å². The van der Waals surface area contributed by atoms with Crippen LogP contribution in [0.1, 0.15) is 48.9 Å². The second kappa shape index (κ2) is 10.4. The molecule has 2 amide bonds. The van der Waals surface area contributed by atoms with Crippen LogP contribution in [0.3, 0.4) is 0 Å². The Morgan fingerprint density at radius 2 is 1.82 bits per heavy atom. The van der Waals surface area contributed by atoms with Gasteiger partial charge >= 0.3 is 5.92 Å². The number of hydrogen-bond acceptors (Lipinski definition) is 7. The first kappa shape index (κ1) is 26.1. The van der Waals surface area contributed by atoms with Crippen LogP contribution in [-0.2, 0) is 4.79 Å². The summed E-state index contributed by atoms with van der Waals surface area (Å²) in [6.45, 7) is 0.743.